The van der Waals surface area contributed by atoms with Gasteiger partial charge in [0.2, 0.25) is 0 Å². The van der Waals surface area contributed by atoms with Crippen LogP contribution >= 0.6 is 0 Å². The van der Waals surface area contributed by atoms with Crippen molar-refractivity contribution in [2.75, 3.05) is 24.5 Å². The summed E-state index contributed by atoms with van der Waals surface area (Å²) in [5, 5.41) is 3.57. The topological polar surface area (TPSA) is 15.3 Å². The van der Waals surface area contributed by atoms with E-state index in [4.69, 9.17) is 0 Å². The normalized spacial score (nSPS) is 23.5. The van der Waals surface area contributed by atoms with Gasteiger partial charge in [-0.2, -0.15) is 0 Å². The quantitative estimate of drug-likeness (QED) is 0.873. The summed E-state index contributed by atoms with van der Waals surface area (Å²) in [5.41, 5.74) is 3.10. The standard InChI is InChI=1S/C17H28N2/c1-13(2)15-6-8-16(9-7-15)19-12-17(4,5)11-18-10-14(19)3/h6-9,13-14,18H,10-12H2,1-5H3. The lowest BCUT2D eigenvalue weighted by atomic mass is 9.92. The Morgan fingerprint density at radius 2 is 1.84 bits per heavy atom. The molecule has 1 fully saturated rings. The molecule has 106 valence electrons. The Bertz CT molecular complexity index is 406. The van der Waals surface area contributed by atoms with Gasteiger partial charge in [0.1, 0.15) is 0 Å². The molecule has 0 saturated carbocycles. The van der Waals surface area contributed by atoms with E-state index in [-0.39, 0.29) is 0 Å². The predicted molar refractivity (Wildman–Crippen MR) is 84.0 cm³/mol. The molecule has 0 aliphatic carbocycles. The molecule has 0 spiro atoms. The summed E-state index contributed by atoms with van der Waals surface area (Å²) in [6, 6.07) is 9.67. The van der Waals surface area contributed by atoms with Gasteiger partial charge in [-0.1, -0.05) is 39.8 Å². The monoisotopic (exact) mass is 260 g/mol. The lowest BCUT2D eigenvalue weighted by Crippen LogP contribution is -2.39. The Labute approximate surface area is 118 Å². The van der Waals surface area contributed by atoms with E-state index in [1.54, 1.807) is 0 Å². The highest BCUT2D eigenvalue weighted by Crippen LogP contribution is 2.27. The predicted octanol–water partition coefficient (Wildman–Crippen LogP) is 3.63. The molecule has 1 aliphatic rings. The van der Waals surface area contributed by atoms with Crippen LogP contribution < -0.4 is 10.2 Å². The van der Waals surface area contributed by atoms with Gasteiger partial charge in [-0.3, -0.25) is 0 Å². The highest BCUT2D eigenvalue weighted by atomic mass is 15.2. The summed E-state index contributed by atoms with van der Waals surface area (Å²) in [4.78, 5) is 2.55. The minimum absolute atomic E-state index is 0.321. The van der Waals surface area contributed by atoms with Crippen LogP contribution in [0, 0.1) is 5.41 Å². The van der Waals surface area contributed by atoms with Gasteiger partial charge in [-0.15, -0.1) is 0 Å². The van der Waals surface area contributed by atoms with E-state index in [1.807, 2.05) is 0 Å². The number of hydrogen-bond donors (Lipinski definition) is 1. The van der Waals surface area contributed by atoms with Crippen molar-refractivity contribution in [2.24, 2.45) is 5.41 Å². The van der Waals surface area contributed by atoms with Crippen LogP contribution in [0.2, 0.25) is 0 Å². The van der Waals surface area contributed by atoms with Crippen LogP contribution in [-0.4, -0.2) is 25.7 Å². The number of rotatable bonds is 2. The number of nitrogens with one attached hydrogen (secondary N) is 1. The van der Waals surface area contributed by atoms with Gasteiger partial charge < -0.3 is 10.2 Å². The van der Waals surface area contributed by atoms with Gasteiger partial charge >= 0.3 is 0 Å². The van der Waals surface area contributed by atoms with Crippen LogP contribution in [0.25, 0.3) is 0 Å². The Balaban J connectivity index is 2.22. The molecule has 1 heterocycles. The second-order valence-corrected chi connectivity index (χ2v) is 7.02. The fourth-order valence-electron chi connectivity index (χ4n) is 2.80. The first-order valence-electron chi connectivity index (χ1n) is 7.46. The number of anilines is 1. The highest BCUT2D eigenvalue weighted by molar-refractivity contribution is 5.49. The lowest BCUT2D eigenvalue weighted by molar-refractivity contribution is 0.369. The maximum atomic E-state index is 3.57. The van der Waals surface area contributed by atoms with Crippen molar-refractivity contribution < 1.29 is 0 Å². The largest absolute Gasteiger partial charge is 0.367 e. The van der Waals surface area contributed by atoms with Crippen molar-refractivity contribution >= 4 is 5.69 Å². The van der Waals surface area contributed by atoms with Crippen LogP contribution in [0.5, 0.6) is 0 Å². The average molecular weight is 260 g/mol. The molecule has 0 aromatic heterocycles. The van der Waals surface area contributed by atoms with Gasteiger partial charge in [0.05, 0.1) is 0 Å². The summed E-state index contributed by atoms with van der Waals surface area (Å²) in [7, 11) is 0. The van der Waals surface area contributed by atoms with Crippen molar-refractivity contribution in [3.05, 3.63) is 29.8 Å². The van der Waals surface area contributed by atoms with E-state index in [9.17, 15) is 0 Å². The van der Waals surface area contributed by atoms with E-state index < -0.39 is 0 Å². The summed E-state index contributed by atoms with van der Waals surface area (Å²) in [6.07, 6.45) is 0. The SMILES string of the molecule is CC(C)c1ccc(N2CC(C)(C)CNCC2C)cc1. The van der Waals surface area contributed by atoms with Gasteiger partial charge in [0.25, 0.3) is 0 Å². The zero-order valence-corrected chi connectivity index (χ0v) is 13.0. The summed E-state index contributed by atoms with van der Waals surface area (Å²) >= 11 is 0. The van der Waals surface area contributed by atoms with Crippen LogP contribution in [0.3, 0.4) is 0 Å². The first kappa shape index (κ1) is 14.4. The zero-order chi connectivity index (χ0) is 14.0. The third kappa shape index (κ3) is 3.50. The summed E-state index contributed by atoms with van der Waals surface area (Å²) in [5.74, 6) is 0.605. The Morgan fingerprint density at radius 3 is 2.42 bits per heavy atom. The van der Waals surface area contributed by atoms with E-state index in [2.05, 4.69) is 69.1 Å². The molecule has 1 unspecified atom stereocenters. The molecular weight excluding hydrogens is 232 g/mol. The molecule has 0 bridgehead atoms. The first-order chi connectivity index (χ1) is 8.89. The molecule has 1 N–H and O–H groups in total. The summed E-state index contributed by atoms with van der Waals surface area (Å²) < 4.78 is 0. The van der Waals surface area contributed by atoms with Crippen molar-refractivity contribution in [3.63, 3.8) is 0 Å². The van der Waals surface area contributed by atoms with E-state index in [1.165, 1.54) is 11.3 Å². The number of hydrogen-bond acceptors (Lipinski definition) is 2. The van der Waals surface area contributed by atoms with Gasteiger partial charge in [-0.25, -0.2) is 0 Å². The highest BCUT2D eigenvalue weighted by Gasteiger charge is 2.28. The maximum Gasteiger partial charge on any atom is 0.0386 e. The Morgan fingerprint density at radius 1 is 1.21 bits per heavy atom. The van der Waals surface area contributed by atoms with Gasteiger partial charge in [-0.05, 0) is 36.0 Å². The minimum atomic E-state index is 0.321. The van der Waals surface area contributed by atoms with Crippen molar-refractivity contribution in [2.45, 2.75) is 46.6 Å². The lowest BCUT2D eigenvalue weighted by Gasteiger charge is -2.34. The van der Waals surface area contributed by atoms with Crippen LogP contribution in [0.4, 0.5) is 5.69 Å². The Kier molecular flexibility index (Phi) is 4.19. The second kappa shape index (κ2) is 5.54. The average Bonchev–Trinajstić information content (AvgIpc) is 2.48. The third-order valence-electron chi connectivity index (χ3n) is 4.07. The van der Waals surface area contributed by atoms with Crippen LogP contribution in [-0.2, 0) is 0 Å². The fourth-order valence-corrected chi connectivity index (χ4v) is 2.80. The van der Waals surface area contributed by atoms with Crippen LogP contribution in [0.1, 0.15) is 46.1 Å². The van der Waals surface area contributed by atoms with Crippen molar-refractivity contribution in [3.8, 4) is 0 Å². The van der Waals surface area contributed by atoms with Crippen molar-refractivity contribution in [1.29, 1.82) is 0 Å². The molecule has 0 amide bonds. The second-order valence-electron chi connectivity index (χ2n) is 7.02. The molecule has 19 heavy (non-hydrogen) atoms. The molecule has 1 saturated heterocycles. The number of nitrogens with zero attached hydrogens (tertiary/aromatic N) is 1. The molecule has 0 radical (unpaired) electrons. The van der Waals surface area contributed by atoms with Gasteiger partial charge in [0.15, 0.2) is 0 Å². The molecule has 1 atom stereocenters. The molecular formula is C17H28N2. The zero-order valence-electron chi connectivity index (χ0n) is 13.0. The Hall–Kier alpha value is -1.02. The molecule has 1 aromatic carbocycles. The van der Waals surface area contributed by atoms with E-state index >= 15 is 0 Å². The summed E-state index contributed by atoms with van der Waals surface area (Å²) in [6.45, 7) is 14.8. The van der Waals surface area contributed by atoms with Gasteiger partial charge in [0, 0.05) is 31.4 Å². The number of benzene rings is 1. The minimum Gasteiger partial charge on any atom is -0.367 e. The van der Waals surface area contributed by atoms with E-state index in [0.29, 0.717) is 17.4 Å². The molecule has 1 aliphatic heterocycles. The maximum absolute atomic E-state index is 3.57. The molecule has 1 aromatic rings. The smallest absolute Gasteiger partial charge is 0.0386 e. The molecule has 2 heteroatoms. The third-order valence-corrected chi connectivity index (χ3v) is 4.07. The molecule has 2 nitrogen and oxygen atoms in total. The van der Waals surface area contributed by atoms with E-state index in [0.717, 1.165) is 19.6 Å². The van der Waals surface area contributed by atoms with Crippen LogP contribution in [0.15, 0.2) is 24.3 Å². The fraction of sp³-hybridized carbons (Fsp3) is 0.647. The molecule has 2 rings (SSSR count). The first-order valence-corrected chi connectivity index (χ1v) is 7.46. The van der Waals surface area contributed by atoms with Crippen molar-refractivity contribution in [1.82, 2.24) is 5.32 Å².